The Hall–Kier alpha value is -3.65. The van der Waals surface area contributed by atoms with E-state index in [0.29, 0.717) is 22.4 Å². The largest absolute Gasteiger partial charge is 0.348 e. The molecule has 0 spiro atoms. The van der Waals surface area contributed by atoms with E-state index in [-0.39, 0.29) is 12.5 Å². The molecule has 1 unspecified atom stereocenters. The first kappa shape index (κ1) is 27.4. The van der Waals surface area contributed by atoms with Gasteiger partial charge >= 0.3 is 0 Å². The number of hydrogen-bond acceptors (Lipinski definition) is 8. The quantitative estimate of drug-likeness (QED) is 0.449. The third kappa shape index (κ3) is 6.81. The molecule has 1 aromatic heterocycles. The van der Waals surface area contributed by atoms with Crippen LogP contribution in [0.3, 0.4) is 0 Å². The summed E-state index contributed by atoms with van der Waals surface area (Å²) in [6.07, 6.45) is 3.37. The Morgan fingerprint density at radius 2 is 1.82 bits per heavy atom. The average Bonchev–Trinajstić information content (AvgIpc) is 3.70. The summed E-state index contributed by atoms with van der Waals surface area (Å²) in [5, 5.41) is 15.4. The van der Waals surface area contributed by atoms with E-state index in [0.717, 1.165) is 48.0 Å². The fourth-order valence-corrected chi connectivity index (χ4v) is 5.14. The number of carbonyl (C=O) groups excluding carboxylic acids is 3. The number of hydrogen-bond donors (Lipinski definition) is 2. The van der Waals surface area contributed by atoms with Crippen LogP contribution in [-0.4, -0.2) is 85.7 Å². The molecule has 2 aliphatic rings. The Balaban J connectivity index is 0.000000603. The van der Waals surface area contributed by atoms with Gasteiger partial charge in [0.1, 0.15) is 11.3 Å². The van der Waals surface area contributed by atoms with Gasteiger partial charge in [0.2, 0.25) is 5.91 Å². The van der Waals surface area contributed by atoms with Crippen LogP contribution in [0.5, 0.6) is 0 Å². The maximum atomic E-state index is 12.8. The van der Waals surface area contributed by atoms with Crippen molar-refractivity contribution in [2.45, 2.75) is 24.8 Å². The molecular formula is C28H32N6O3S. The predicted molar refractivity (Wildman–Crippen MR) is 148 cm³/mol. The zero-order valence-corrected chi connectivity index (χ0v) is 22.5. The molecule has 9 nitrogen and oxygen atoms in total. The molecule has 1 saturated carbocycles. The van der Waals surface area contributed by atoms with E-state index < -0.39 is 11.8 Å². The molecule has 0 radical (unpaired) electrons. The molecule has 2 amide bonds. The van der Waals surface area contributed by atoms with Crippen LogP contribution in [0.1, 0.15) is 34.1 Å². The summed E-state index contributed by atoms with van der Waals surface area (Å²) in [6.45, 7) is 3.09. The van der Waals surface area contributed by atoms with Crippen molar-refractivity contribution in [3.8, 4) is 17.2 Å². The third-order valence-corrected chi connectivity index (χ3v) is 7.73. The van der Waals surface area contributed by atoms with Crippen LogP contribution in [-0.2, 0) is 9.59 Å². The molecule has 10 heteroatoms. The Morgan fingerprint density at radius 3 is 2.39 bits per heavy atom. The van der Waals surface area contributed by atoms with E-state index in [9.17, 15) is 19.6 Å². The van der Waals surface area contributed by atoms with E-state index >= 15 is 0 Å². The summed E-state index contributed by atoms with van der Waals surface area (Å²) in [6, 6.07) is 16.1. The van der Waals surface area contributed by atoms with Gasteiger partial charge in [-0.1, -0.05) is 18.2 Å². The van der Waals surface area contributed by atoms with Crippen molar-refractivity contribution in [1.82, 2.24) is 25.4 Å². The molecule has 38 heavy (non-hydrogen) atoms. The number of amides is 2. The number of nitrogens with zero attached hydrogens (tertiary/aromatic N) is 4. The molecular weight excluding hydrogens is 500 g/mol. The summed E-state index contributed by atoms with van der Waals surface area (Å²) >= 11 is 1.28. The number of aldehydes is 1. The number of carbonyl (C=O) groups is 3. The van der Waals surface area contributed by atoms with Crippen molar-refractivity contribution in [3.05, 3.63) is 53.0 Å². The monoisotopic (exact) mass is 532 g/mol. The Kier molecular flexibility index (Phi) is 9.18. The number of nitrogens with one attached hydrogen (secondary N) is 2. The van der Waals surface area contributed by atoms with Crippen LogP contribution in [0.25, 0.3) is 21.3 Å². The first-order chi connectivity index (χ1) is 18.4. The first-order valence-electron chi connectivity index (χ1n) is 12.7. The number of aromatic nitrogens is 1. The van der Waals surface area contributed by atoms with Crippen molar-refractivity contribution in [2.24, 2.45) is 0 Å². The number of piperazine rings is 1. The molecule has 1 aliphatic carbocycles. The highest BCUT2D eigenvalue weighted by atomic mass is 32.1. The van der Waals surface area contributed by atoms with Crippen LogP contribution in [0.4, 0.5) is 0 Å². The van der Waals surface area contributed by atoms with E-state index in [4.69, 9.17) is 0 Å². The van der Waals surface area contributed by atoms with Crippen molar-refractivity contribution < 1.29 is 14.4 Å². The van der Waals surface area contributed by atoms with E-state index in [1.807, 2.05) is 60.5 Å². The highest BCUT2D eigenvalue weighted by molar-refractivity contribution is 7.18. The van der Waals surface area contributed by atoms with Gasteiger partial charge in [-0.25, -0.2) is 4.98 Å². The lowest BCUT2D eigenvalue weighted by atomic mass is 10.0. The Bertz CT molecular complexity index is 1320. The highest BCUT2D eigenvalue weighted by Crippen LogP contribution is 2.31. The minimum absolute atomic E-state index is 0.0487. The van der Waals surface area contributed by atoms with Gasteiger partial charge in [0.05, 0.1) is 22.8 Å². The highest BCUT2D eigenvalue weighted by Gasteiger charge is 2.24. The molecule has 3 aromatic rings. The Morgan fingerprint density at radius 1 is 1.13 bits per heavy atom. The first-order valence-corrected chi connectivity index (χ1v) is 13.5. The fraction of sp³-hybridized carbons (Fsp3) is 0.393. The van der Waals surface area contributed by atoms with Gasteiger partial charge in [-0.3, -0.25) is 9.59 Å². The summed E-state index contributed by atoms with van der Waals surface area (Å²) in [5.74, 6) is -1.55. The number of nitriles is 1. The van der Waals surface area contributed by atoms with Crippen molar-refractivity contribution in [1.29, 1.82) is 5.26 Å². The molecule has 2 aromatic carbocycles. The Labute approximate surface area is 226 Å². The summed E-state index contributed by atoms with van der Waals surface area (Å²) in [7, 11) is 4.07. The number of benzene rings is 2. The van der Waals surface area contributed by atoms with Crippen molar-refractivity contribution in [3.63, 3.8) is 0 Å². The third-order valence-electron chi connectivity index (χ3n) is 6.64. The van der Waals surface area contributed by atoms with Crippen molar-refractivity contribution in [2.75, 3.05) is 46.8 Å². The maximum absolute atomic E-state index is 12.8. The van der Waals surface area contributed by atoms with Crippen LogP contribution in [0, 0.1) is 11.3 Å². The topological polar surface area (TPSA) is 118 Å². The molecule has 1 saturated heterocycles. The number of rotatable bonds is 7. The number of thiazole rings is 1. The predicted octanol–water partition coefficient (Wildman–Crippen LogP) is 2.64. The molecule has 0 bridgehead atoms. The second-order valence-corrected chi connectivity index (χ2v) is 10.5. The minimum Gasteiger partial charge on any atom is -0.348 e. The van der Waals surface area contributed by atoms with Gasteiger partial charge < -0.3 is 25.2 Å². The van der Waals surface area contributed by atoms with E-state index in [2.05, 4.69) is 27.6 Å². The minimum atomic E-state index is -1.06. The maximum Gasteiger partial charge on any atom is 0.253 e. The van der Waals surface area contributed by atoms with Gasteiger partial charge in [-0.2, -0.15) is 5.26 Å². The molecule has 2 fully saturated rings. The van der Waals surface area contributed by atoms with Gasteiger partial charge in [0.25, 0.3) is 5.91 Å². The van der Waals surface area contributed by atoms with Gasteiger partial charge in [-0.05, 0) is 62.3 Å². The van der Waals surface area contributed by atoms with Crippen LogP contribution in [0.15, 0.2) is 42.5 Å². The second kappa shape index (κ2) is 12.7. The lowest BCUT2D eigenvalue weighted by Crippen LogP contribution is -2.47. The molecule has 5 rings (SSSR count). The fourth-order valence-electron chi connectivity index (χ4n) is 4.09. The summed E-state index contributed by atoms with van der Waals surface area (Å²) < 4.78 is 0.850. The van der Waals surface area contributed by atoms with E-state index in [1.165, 1.54) is 24.2 Å². The van der Waals surface area contributed by atoms with Gasteiger partial charge in [0, 0.05) is 37.8 Å². The van der Waals surface area contributed by atoms with Gasteiger partial charge in [-0.15, -0.1) is 11.3 Å². The average molecular weight is 533 g/mol. The lowest BCUT2D eigenvalue weighted by Gasteiger charge is -2.32. The SMILES string of the molecule is CN1CCN(C(=O)c2ccc(-c3ccc4nc(C(C#N)C(=O)NCC=O)sc4c3)cc2)CC1.CNC1CC1. The van der Waals surface area contributed by atoms with Crippen LogP contribution in [0.2, 0.25) is 0 Å². The smallest absolute Gasteiger partial charge is 0.253 e. The molecule has 1 atom stereocenters. The van der Waals surface area contributed by atoms with Crippen molar-refractivity contribution >= 4 is 39.7 Å². The lowest BCUT2D eigenvalue weighted by molar-refractivity contribution is -0.122. The standard InChI is InChI=1S/C24H23N5O3S.C4H9N/c1-28-9-11-29(12-10-28)24(32)17-4-2-16(3-5-17)18-6-7-20-21(14-18)33-23(27-20)19(15-25)22(31)26-8-13-30;1-5-4-2-3-4/h2-7,13-14,19H,8-12H2,1H3,(H,26,31);4-5H,2-3H2,1H3. The number of likely N-dealkylation sites (N-methyl/N-ethyl adjacent to an activating group) is 1. The zero-order chi connectivity index (χ0) is 27.1. The molecule has 198 valence electrons. The van der Waals surface area contributed by atoms with Crippen LogP contribution >= 0.6 is 11.3 Å². The summed E-state index contributed by atoms with van der Waals surface area (Å²) in [5.41, 5.74) is 3.28. The van der Waals surface area contributed by atoms with E-state index in [1.54, 1.807) is 0 Å². The molecule has 2 heterocycles. The number of fused-ring (bicyclic) bond motifs is 1. The normalized spacial score (nSPS) is 16.2. The van der Waals surface area contributed by atoms with Gasteiger partial charge in [0.15, 0.2) is 5.92 Å². The zero-order valence-electron chi connectivity index (χ0n) is 21.6. The molecule has 2 N–H and O–H groups in total. The second-order valence-electron chi connectivity index (χ2n) is 9.44. The molecule has 1 aliphatic heterocycles. The summed E-state index contributed by atoms with van der Waals surface area (Å²) in [4.78, 5) is 43.9. The van der Waals surface area contributed by atoms with Crippen LogP contribution < -0.4 is 10.6 Å².